The molecule has 6 heteroatoms. The number of hydrogen-bond donors (Lipinski definition) is 0. The fourth-order valence-electron chi connectivity index (χ4n) is 2.51. The molecule has 0 bridgehead atoms. The zero-order chi connectivity index (χ0) is 16.4. The zero-order valence-corrected chi connectivity index (χ0v) is 13.5. The van der Waals surface area contributed by atoms with Crippen LogP contribution < -0.4 is 0 Å². The normalized spacial score (nSPS) is 16.7. The summed E-state index contributed by atoms with van der Waals surface area (Å²) in [5.74, 6) is -0.413. The first kappa shape index (κ1) is 14.8. The van der Waals surface area contributed by atoms with E-state index >= 15 is 0 Å². The van der Waals surface area contributed by atoms with Crippen LogP contribution in [0.2, 0.25) is 0 Å². The first-order valence-electron chi connectivity index (χ1n) is 7.59. The molecular formula is C18H14N2O3S. The predicted octanol–water partition coefficient (Wildman–Crippen LogP) is 3.53. The van der Waals surface area contributed by atoms with Crippen molar-refractivity contribution >= 4 is 33.2 Å². The minimum Gasteiger partial charge on any atom is -0.455 e. The number of oxime groups is 1. The molecule has 0 aliphatic carbocycles. The maximum Gasteiger partial charge on any atom is 0.351 e. The van der Waals surface area contributed by atoms with Crippen LogP contribution in [0.5, 0.6) is 0 Å². The molecule has 1 aromatic heterocycles. The Morgan fingerprint density at radius 3 is 2.79 bits per heavy atom. The summed E-state index contributed by atoms with van der Waals surface area (Å²) in [7, 11) is 0. The van der Waals surface area contributed by atoms with E-state index < -0.39 is 12.1 Å². The molecule has 0 radical (unpaired) electrons. The first-order chi connectivity index (χ1) is 11.8. The van der Waals surface area contributed by atoms with Crippen LogP contribution in [0.3, 0.4) is 0 Å². The van der Waals surface area contributed by atoms with Crippen LogP contribution in [0.15, 0.2) is 59.8 Å². The number of ether oxygens (including phenoxy) is 1. The third-order valence-corrected chi connectivity index (χ3v) is 4.72. The number of nitrogens with zero attached hydrogens (tertiary/aromatic N) is 2. The molecule has 0 N–H and O–H groups in total. The molecule has 2 heterocycles. The number of thiazole rings is 1. The van der Waals surface area contributed by atoms with Crippen LogP contribution in [0, 0.1) is 0 Å². The molecule has 1 aliphatic rings. The van der Waals surface area contributed by atoms with Gasteiger partial charge in [-0.15, -0.1) is 11.3 Å². The highest BCUT2D eigenvalue weighted by atomic mass is 32.1. The van der Waals surface area contributed by atoms with Crippen molar-refractivity contribution in [1.82, 2.24) is 4.98 Å². The van der Waals surface area contributed by atoms with Gasteiger partial charge in [0, 0.05) is 6.42 Å². The number of benzene rings is 2. The Hall–Kier alpha value is -2.73. The summed E-state index contributed by atoms with van der Waals surface area (Å²) in [6, 6.07) is 17.5. The van der Waals surface area contributed by atoms with Crippen LogP contribution in [-0.4, -0.2) is 22.8 Å². The number of rotatable bonds is 4. The molecule has 0 fully saturated rings. The van der Waals surface area contributed by atoms with Crippen molar-refractivity contribution in [3.63, 3.8) is 0 Å². The Balaban J connectivity index is 1.36. The minimum absolute atomic E-state index is 0.151. The van der Waals surface area contributed by atoms with Gasteiger partial charge in [-0.2, -0.15) is 0 Å². The van der Waals surface area contributed by atoms with E-state index in [0.717, 1.165) is 26.5 Å². The van der Waals surface area contributed by atoms with Gasteiger partial charge in [0.2, 0.25) is 6.10 Å². The van der Waals surface area contributed by atoms with Gasteiger partial charge in [-0.3, -0.25) is 0 Å². The van der Waals surface area contributed by atoms with E-state index in [4.69, 9.17) is 9.57 Å². The Labute approximate surface area is 142 Å². The van der Waals surface area contributed by atoms with Gasteiger partial charge in [-0.25, -0.2) is 9.78 Å². The van der Waals surface area contributed by atoms with Crippen LogP contribution in [-0.2, 0) is 21.0 Å². The molecule has 0 saturated heterocycles. The number of esters is 1. The predicted molar refractivity (Wildman–Crippen MR) is 91.9 cm³/mol. The van der Waals surface area contributed by atoms with Crippen LogP contribution in [0.1, 0.15) is 17.0 Å². The van der Waals surface area contributed by atoms with Crippen molar-refractivity contribution in [1.29, 1.82) is 0 Å². The zero-order valence-electron chi connectivity index (χ0n) is 12.7. The van der Waals surface area contributed by atoms with Gasteiger partial charge in [0.15, 0.2) is 0 Å². The van der Waals surface area contributed by atoms with E-state index in [-0.39, 0.29) is 6.61 Å². The highest BCUT2D eigenvalue weighted by Gasteiger charge is 2.30. The largest absolute Gasteiger partial charge is 0.455 e. The number of hydrogen-bond acceptors (Lipinski definition) is 6. The summed E-state index contributed by atoms with van der Waals surface area (Å²) < 4.78 is 6.42. The highest BCUT2D eigenvalue weighted by Crippen LogP contribution is 2.23. The van der Waals surface area contributed by atoms with Crippen molar-refractivity contribution in [3.05, 3.63) is 65.2 Å². The van der Waals surface area contributed by atoms with E-state index in [1.807, 2.05) is 54.6 Å². The summed E-state index contributed by atoms with van der Waals surface area (Å²) in [6.07, 6.45) is -0.266. The van der Waals surface area contributed by atoms with Gasteiger partial charge in [0.25, 0.3) is 0 Å². The maximum absolute atomic E-state index is 12.2. The van der Waals surface area contributed by atoms with E-state index in [1.54, 1.807) is 0 Å². The van der Waals surface area contributed by atoms with E-state index in [0.29, 0.717) is 6.42 Å². The number of carbonyl (C=O) groups is 1. The van der Waals surface area contributed by atoms with Crippen molar-refractivity contribution < 1.29 is 14.4 Å². The second kappa shape index (κ2) is 6.41. The monoisotopic (exact) mass is 338 g/mol. The van der Waals surface area contributed by atoms with Gasteiger partial charge in [-0.05, 0) is 17.7 Å². The maximum atomic E-state index is 12.2. The van der Waals surface area contributed by atoms with Gasteiger partial charge < -0.3 is 9.57 Å². The van der Waals surface area contributed by atoms with Gasteiger partial charge in [0.05, 0.1) is 15.9 Å². The van der Waals surface area contributed by atoms with E-state index in [1.165, 1.54) is 11.3 Å². The Bertz CT molecular complexity index is 872. The van der Waals surface area contributed by atoms with Crippen LogP contribution in [0.4, 0.5) is 0 Å². The van der Waals surface area contributed by atoms with E-state index in [2.05, 4.69) is 10.1 Å². The lowest BCUT2D eigenvalue weighted by Crippen LogP contribution is -2.23. The molecule has 1 aliphatic heterocycles. The number of aromatic nitrogens is 1. The Morgan fingerprint density at radius 2 is 1.96 bits per heavy atom. The molecule has 4 rings (SSSR count). The molecule has 24 heavy (non-hydrogen) atoms. The second-order valence-corrected chi connectivity index (χ2v) is 6.50. The molecule has 0 amide bonds. The lowest BCUT2D eigenvalue weighted by Gasteiger charge is -2.07. The van der Waals surface area contributed by atoms with Gasteiger partial charge in [-0.1, -0.05) is 47.6 Å². The lowest BCUT2D eigenvalue weighted by molar-refractivity contribution is -0.156. The van der Waals surface area contributed by atoms with Crippen molar-refractivity contribution in [2.75, 3.05) is 0 Å². The lowest BCUT2D eigenvalue weighted by atomic mass is 10.1. The van der Waals surface area contributed by atoms with Crippen LogP contribution >= 0.6 is 11.3 Å². The molecule has 0 unspecified atom stereocenters. The average Bonchev–Trinajstić information content (AvgIpc) is 3.27. The molecule has 1 atom stereocenters. The van der Waals surface area contributed by atoms with Crippen LogP contribution in [0.25, 0.3) is 10.2 Å². The topological polar surface area (TPSA) is 60.8 Å². The van der Waals surface area contributed by atoms with Gasteiger partial charge >= 0.3 is 5.97 Å². The number of para-hydroxylation sites is 1. The average molecular weight is 338 g/mol. The summed E-state index contributed by atoms with van der Waals surface area (Å²) >= 11 is 1.52. The van der Waals surface area contributed by atoms with Crippen molar-refractivity contribution in [2.24, 2.45) is 5.16 Å². The first-order valence-corrected chi connectivity index (χ1v) is 8.40. The molecule has 0 saturated carbocycles. The summed E-state index contributed by atoms with van der Waals surface area (Å²) in [6.45, 7) is 0.151. The standard InChI is InChI=1S/C18H14N2O3S/c21-18(15-10-14(20-23-15)12-6-2-1-3-7-12)22-11-17-19-13-8-4-5-9-16(13)24-17/h1-9,15H,10-11H2/t15-/m1/s1. The fraction of sp³-hybridized carbons (Fsp3) is 0.167. The summed E-state index contributed by atoms with van der Waals surface area (Å²) in [5, 5.41) is 4.77. The highest BCUT2D eigenvalue weighted by molar-refractivity contribution is 7.18. The summed E-state index contributed by atoms with van der Waals surface area (Å²) in [4.78, 5) is 21.8. The smallest absolute Gasteiger partial charge is 0.351 e. The third-order valence-electron chi connectivity index (χ3n) is 3.71. The molecule has 2 aromatic carbocycles. The third kappa shape index (κ3) is 3.00. The SMILES string of the molecule is O=C(OCc1nc2ccccc2s1)[C@H]1CC(c2ccccc2)=NO1. The second-order valence-electron chi connectivity index (χ2n) is 5.39. The molecule has 3 aromatic rings. The van der Waals surface area contributed by atoms with Gasteiger partial charge in [0.1, 0.15) is 11.6 Å². The molecule has 5 nitrogen and oxygen atoms in total. The Kier molecular flexibility index (Phi) is 3.96. The minimum atomic E-state index is -0.686. The quantitative estimate of drug-likeness (QED) is 0.683. The summed E-state index contributed by atoms with van der Waals surface area (Å²) in [5.41, 5.74) is 2.64. The fourth-order valence-corrected chi connectivity index (χ4v) is 3.39. The Morgan fingerprint density at radius 1 is 1.17 bits per heavy atom. The molecular weight excluding hydrogens is 324 g/mol. The van der Waals surface area contributed by atoms with Crippen molar-refractivity contribution in [3.8, 4) is 0 Å². The van der Waals surface area contributed by atoms with Crippen molar-refractivity contribution in [2.45, 2.75) is 19.1 Å². The number of carbonyl (C=O) groups excluding carboxylic acids is 1. The molecule has 0 spiro atoms. The van der Waals surface area contributed by atoms with E-state index in [9.17, 15) is 4.79 Å². The number of fused-ring (bicyclic) bond motifs is 1. The molecule has 120 valence electrons.